The number of ether oxygens (including phenoxy) is 1. The van der Waals surface area contributed by atoms with Gasteiger partial charge in [0, 0.05) is 24.1 Å². The summed E-state index contributed by atoms with van der Waals surface area (Å²) in [6, 6.07) is 9.98. The van der Waals surface area contributed by atoms with Gasteiger partial charge in [0.25, 0.3) is 0 Å². The van der Waals surface area contributed by atoms with Gasteiger partial charge in [-0.15, -0.1) is 0 Å². The molecule has 1 aromatic heterocycles. The number of hydrogen-bond donors (Lipinski definition) is 1. The molecule has 0 spiro atoms. The minimum absolute atomic E-state index is 0.175. The second-order valence-electron chi connectivity index (χ2n) is 5.17. The molecule has 1 aromatic carbocycles. The lowest BCUT2D eigenvalue weighted by Gasteiger charge is -2.23. The van der Waals surface area contributed by atoms with E-state index < -0.39 is 6.10 Å². The number of nitrogens with zero attached hydrogens (tertiary/aromatic N) is 1. The van der Waals surface area contributed by atoms with Gasteiger partial charge in [-0.2, -0.15) is 0 Å². The molecule has 0 amide bonds. The molecule has 0 saturated carbocycles. The Hall–Kier alpha value is -1.45. The Balaban J connectivity index is 1.90. The van der Waals surface area contributed by atoms with E-state index in [9.17, 15) is 5.11 Å². The molecule has 1 fully saturated rings. The van der Waals surface area contributed by atoms with Gasteiger partial charge in [0.2, 0.25) is 0 Å². The molecule has 3 nitrogen and oxygen atoms in total. The lowest BCUT2D eigenvalue weighted by atomic mass is 9.88. The van der Waals surface area contributed by atoms with Crippen molar-refractivity contribution in [2.24, 2.45) is 5.92 Å². The third kappa shape index (κ3) is 2.36. The monoisotopic (exact) mass is 257 g/mol. The summed E-state index contributed by atoms with van der Waals surface area (Å²) in [5.41, 5.74) is 1.88. The lowest BCUT2D eigenvalue weighted by Crippen LogP contribution is -2.22. The topological polar surface area (TPSA) is 42.4 Å². The molecule has 3 rings (SSSR count). The maximum atomic E-state index is 10.6. The zero-order valence-corrected chi connectivity index (χ0v) is 11.1. The SMILES string of the molecule is CCC1OCCC1C(O)c1ccc2cccnc2c1. The van der Waals surface area contributed by atoms with Gasteiger partial charge in [-0.3, -0.25) is 4.98 Å². The fourth-order valence-electron chi connectivity index (χ4n) is 2.96. The summed E-state index contributed by atoms with van der Waals surface area (Å²) in [6.45, 7) is 2.86. The van der Waals surface area contributed by atoms with Gasteiger partial charge in [0.05, 0.1) is 17.7 Å². The highest BCUT2D eigenvalue weighted by Crippen LogP contribution is 2.35. The largest absolute Gasteiger partial charge is 0.388 e. The van der Waals surface area contributed by atoms with Crippen molar-refractivity contribution in [2.45, 2.75) is 32.0 Å². The van der Waals surface area contributed by atoms with Crippen LogP contribution in [0.25, 0.3) is 10.9 Å². The highest BCUT2D eigenvalue weighted by Gasteiger charge is 2.33. The summed E-state index contributed by atoms with van der Waals surface area (Å²) in [4.78, 5) is 4.35. The van der Waals surface area contributed by atoms with Crippen molar-refractivity contribution in [2.75, 3.05) is 6.61 Å². The van der Waals surface area contributed by atoms with Crippen LogP contribution in [0.2, 0.25) is 0 Å². The van der Waals surface area contributed by atoms with Gasteiger partial charge in [-0.05, 0) is 30.5 Å². The normalized spacial score (nSPS) is 24.7. The lowest BCUT2D eigenvalue weighted by molar-refractivity contribution is 0.0308. The molecule has 1 N–H and O–H groups in total. The Bertz CT molecular complexity index is 569. The van der Waals surface area contributed by atoms with Gasteiger partial charge >= 0.3 is 0 Å². The highest BCUT2D eigenvalue weighted by molar-refractivity contribution is 5.78. The summed E-state index contributed by atoms with van der Waals surface area (Å²) in [7, 11) is 0. The van der Waals surface area contributed by atoms with Crippen molar-refractivity contribution in [1.82, 2.24) is 4.98 Å². The molecule has 2 aromatic rings. The van der Waals surface area contributed by atoms with Gasteiger partial charge in [0.15, 0.2) is 0 Å². The van der Waals surface area contributed by atoms with Crippen LogP contribution in [0.15, 0.2) is 36.5 Å². The zero-order chi connectivity index (χ0) is 13.2. The Kier molecular flexibility index (Phi) is 3.49. The molecule has 3 heteroatoms. The zero-order valence-electron chi connectivity index (χ0n) is 11.1. The van der Waals surface area contributed by atoms with Crippen molar-refractivity contribution >= 4 is 10.9 Å². The van der Waals surface area contributed by atoms with Gasteiger partial charge < -0.3 is 9.84 Å². The van der Waals surface area contributed by atoms with E-state index in [0.29, 0.717) is 0 Å². The molecular formula is C16H19NO2. The molecule has 1 aliphatic heterocycles. The Labute approximate surface area is 113 Å². The minimum Gasteiger partial charge on any atom is -0.388 e. The Morgan fingerprint density at radius 3 is 3.16 bits per heavy atom. The van der Waals surface area contributed by atoms with Crippen molar-refractivity contribution in [3.8, 4) is 0 Å². The second-order valence-corrected chi connectivity index (χ2v) is 5.17. The summed E-state index contributed by atoms with van der Waals surface area (Å²) in [6.07, 6.45) is 3.38. The number of aromatic nitrogens is 1. The number of aliphatic hydroxyl groups excluding tert-OH is 1. The van der Waals surface area contributed by atoms with Crippen LogP contribution in [0, 0.1) is 5.92 Å². The quantitative estimate of drug-likeness (QED) is 0.918. The molecule has 19 heavy (non-hydrogen) atoms. The van der Waals surface area contributed by atoms with Crippen LogP contribution >= 0.6 is 0 Å². The highest BCUT2D eigenvalue weighted by atomic mass is 16.5. The Morgan fingerprint density at radius 1 is 1.42 bits per heavy atom. The second kappa shape index (κ2) is 5.27. The van der Waals surface area contributed by atoms with Crippen molar-refractivity contribution in [3.63, 3.8) is 0 Å². The molecule has 0 radical (unpaired) electrons. The van der Waals surface area contributed by atoms with E-state index in [-0.39, 0.29) is 12.0 Å². The maximum Gasteiger partial charge on any atom is 0.0844 e. The summed E-state index contributed by atoms with van der Waals surface area (Å²) < 4.78 is 5.67. The number of pyridine rings is 1. The average Bonchev–Trinajstić information content (AvgIpc) is 2.94. The van der Waals surface area contributed by atoms with Crippen LogP contribution in [0.5, 0.6) is 0 Å². The van der Waals surface area contributed by atoms with E-state index >= 15 is 0 Å². The number of fused-ring (bicyclic) bond motifs is 1. The molecule has 0 aliphatic carbocycles. The number of benzene rings is 1. The van der Waals surface area contributed by atoms with Crippen LogP contribution in [0.3, 0.4) is 0 Å². The van der Waals surface area contributed by atoms with E-state index in [1.54, 1.807) is 6.20 Å². The van der Waals surface area contributed by atoms with Crippen LogP contribution in [-0.2, 0) is 4.74 Å². The summed E-state index contributed by atoms with van der Waals surface area (Å²) >= 11 is 0. The fraction of sp³-hybridized carbons (Fsp3) is 0.438. The van der Waals surface area contributed by atoms with Gasteiger partial charge in [-0.25, -0.2) is 0 Å². The van der Waals surface area contributed by atoms with Gasteiger partial charge in [-0.1, -0.05) is 25.1 Å². The van der Waals surface area contributed by atoms with Crippen LogP contribution in [0.1, 0.15) is 31.4 Å². The first-order valence-electron chi connectivity index (χ1n) is 6.94. The molecule has 100 valence electrons. The number of rotatable bonds is 3. The third-order valence-electron chi connectivity index (χ3n) is 4.04. The molecule has 3 atom stereocenters. The van der Waals surface area contributed by atoms with Crippen LogP contribution in [0.4, 0.5) is 0 Å². The van der Waals surface area contributed by atoms with Crippen molar-refractivity contribution < 1.29 is 9.84 Å². The first-order valence-corrected chi connectivity index (χ1v) is 6.94. The van der Waals surface area contributed by atoms with Crippen LogP contribution < -0.4 is 0 Å². The fourth-order valence-corrected chi connectivity index (χ4v) is 2.96. The average molecular weight is 257 g/mol. The first kappa shape index (κ1) is 12.6. The van der Waals surface area contributed by atoms with Gasteiger partial charge in [0.1, 0.15) is 0 Å². The molecular weight excluding hydrogens is 238 g/mol. The molecule has 3 unspecified atom stereocenters. The van der Waals surface area contributed by atoms with E-state index in [1.807, 2.05) is 30.3 Å². The summed E-state index contributed by atoms with van der Waals surface area (Å²) in [5, 5.41) is 11.7. The first-order chi connectivity index (χ1) is 9.29. The smallest absolute Gasteiger partial charge is 0.0844 e. The predicted molar refractivity (Wildman–Crippen MR) is 74.8 cm³/mol. The Morgan fingerprint density at radius 2 is 2.32 bits per heavy atom. The van der Waals surface area contributed by atoms with Crippen molar-refractivity contribution in [1.29, 1.82) is 0 Å². The molecule has 1 aliphatic rings. The number of aliphatic hydroxyl groups is 1. The van der Waals surface area contributed by atoms with E-state index in [0.717, 1.165) is 35.9 Å². The molecule has 2 heterocycles. The molecule has 1 saturated heterocycles. The number of hydrogen-bond acceptors (Lipinski definition) is 3. The summed E-state index contributed by atoms with van der Waals surface area (Å²) in [5.74, 6) is 0.200. The standard InChI is InChI=1S/C16H19NO2/c1-2-15-13(7-9-19-15)16(18)12-6-5-11-4-3-8-17-14(11)10-12/h3-6,8,10,13,15-16,18H,2,7,9H2,1H3. The predicted octanol–water partition coefficient (Wildman–Crippen LogP) is 3.08. The molecule has 0 bridgehead atoms. The van der Waals surface area contributed by atoms with E-state index in [4.69, 9.17) is 4.74 Å². The van der Waals surface area contributed by atoms with Crippen LogP contribution in [-0.4, -0.2) is 22.8 Å². The van der Waals surface area contributed by atoms with Crippen molar-refractivity contribution in [3.05, 3.63) is 42.1 Å². The minimum atomic E-state index is -0.459. The van der Waals surface area contributed by atoms with E-state index in [2.05, 4.69) is 11.9 Å². The maximum absolute atomic E-state index is 10.6. The van der Waals surface area contributed by atoms with E-state index in [1.165, 1.54) is 0 Å². The third-order valence-corrected chi connectivity index (χ3v) is 4.04.